The normalized spacial score (nSPS) is 12.4. The molecule has 0 saturated heterocycles. The minimum absolute atomic E-state index is 0.0787. The molecule has 0 spiro atoms. The molecule has 1 amide bonds. The number of amides is 1. The molecule has 2 aromatic heterocycles. The Bertz CT molecular complexity index is 548. The van der Waals surface area contributed by atoms with Crippen molar-refractivity contribution in [2.75, 3.05) is 12.4 Å². The summed E-state index contributed by atoms with van der Waals surface area (Å²) in [6.45, 7) is 3.70. The topological polar surface area (TPSA) is 71.3 Å². The average Bonchev–Trinajstić information content (AvgIpc) is 2.69. The summed E-state index contributed by atoms with van der Waals surface area (Å²) in [5.41, 5.74) is 1.77. The summed E-state index contributed by atoms with van der Waals surface area (Å²) in [7, 11) is 1.61. The van der Waals surface area contributed by atoms with Gasteiger partial charge >= 0.3 is 0 Å². The van der Waals surface area contributed by atoms with Gasteiger partial charge in [-0.25, -0.2) is 9.50 Å². The zero-order valence-electron chi connectivity index (χ0n) is 10.1. The average molecular weight is 233 g/mol. The molecule has 6 nitrogen and oxygen atoms in total. The van der Waals surface area contributed by atoms with E-state index in [1.54, 1.807) is 30.9 Å². The van der Waals surface area contributed by atoms with Gasteiger partial charge in [-0.1, -0.05) is 0 Å². The van der Waals surface area contributed by atoms with Crippen LogP contribution in [0.2, 0.25) is 0 Å². The van der Waals surface area contributed by atoms with E-state index in [0.717, 1.165) is 11.2 Å². The molecule has 0 aliphatic heterocycles. The molecule has 1 atom stereocenters. The van der Waals surface area contributed by atoms with Gasteiger partial charge in [-0.3, -0.25) is 4.79 Å². The Morgan fingerprint density at radius 1 is 1.53 bits per heavy atom. The van der Waals surface area contributed by atoms with Gasteiger partial charge in [0.05, 0.1) is 5.69 Å². The van der Waals surface area contributed by atoms with Crippen molar-refractivity contribution in [1.82, 2.24) is 19.9 Å². The van der Waals surface area contributed by atoms with E-state index in [1.165, 1.54) is 0 Å². The van der Waals surface area contributed by atoms with Gasteiger partial charge in [0.25, 0.3) is 0 Å². The monoisotopic (exact) mass is 233 g/mol. The number of hydrogen-bond donors (Lipinski definition) is 2. The third-order valence-corrected chi connectivity index (χ3v) is 2.50. The highest BCUT2D eigenvalue weighted by Crippen LogP contribution is 2.15. The van der Waals surface area contributed by atoms with Gasteiger partial charge in [0.1, 0.15) is 11.6 Å². The first-order chi connectivity index (χ1) is 8.11. The van der Waals surface area contributed by atoms with E-state index in [2.05, 4.69) is 20.7 Å². The highest BCUT2D eigenvalue weighted by Gasteiger charge is 2.13. The van der Waals surface area contributed by atoms with Gasteiger partial charge < -0.3 is 10.6 Å². The van der Waals surface area contributed by atoms with Crippen LogP contribution in [0.3, 0.4) is 0 Å². The maximum atomic E-state index is 11.4. The Morgan fingerprint density at radius 2 is 2.29 bits per heavy atom. The lowest BCUT2D eigenvalue weighted by molar-refractivity contribution is -0.121. The number of carbonyl (C=O) groups excluding carboxylic acids is 1. The van der Waals surface area contributed by atoms with Crippen molar-refractivity contribution in [2.45, 2.75) is 19.9 Å². The molecule has 90 valence electrons. The molecule has 2 rings (SSSR count). The van der Waals surface area contributed by atoms with E-state index in [9.17, 15) is 4.79 Å². The third-order valence-electron chi connectivity index (χ3n) is 2.50. The van der Waals surface area contributed by atoms with Crippen molar-refractivity contribution in [2.24, 2.45) is 0 Å². The molecule has 0 saturated carbocycles. The molecular formula is C11H15N5O. The van der Waals surface area contributed by atoms with Crippen LogP contribution in [0.25, 0.3) is 5.52 Å². The Hall–Kier alpha value is -2.11. The molecule has 2 N–H and O–H groups in total. The van der Waals surface area contributed by atoms with Gasteiger partial charge in [0.15, 0.2) is 5.82 Å². The molecule has 6 heteroatoms. The number of anilines is 1. The van der Waals surface area contributed by atoms with Crippen LogP contribution in [0.5, 0.6) is 0 Å². The first-order valence-corrected chi connectivity index (χ1v) is 5.41. The first kappa shape index (κ1) is 11.4. The van der Waals surface area contributed by atoms with Gasteiger partial charge in [0.2, 0.25) is 5.91 Å². The predicted molar refractivity (Wildman–Crippen MR) is 64.9 cm³/mol. The number of aryl methyl sites for hydroxylation is 1. The Balaban J connectivity index is 2.32. The van der Waals surface area contributed by atoms with Crippen LogP contribution in [0.1, 0.15) is 12.6 Å². The van der Waals surface area contributed by atoms with E-state index >= 15 is 0 Å². The molecule has 0 aromatic carbocycles. The maximum Gasteiger partial charge on any atom is 0.241 e. The summed E-state index contributed by atoms with van der Waals surface area (Å²) in [5.74, 6) is 0.578. The summed E-state index contributed by atoms with van der Waals surface area (Å²) in [4.78, 5) is 15.7. The third kappa shape index (κ3) is 2.20. The number of nitrogens with one attached hydrogen (secondary N) is 2. The standard InChI is InChI=1S/C11H15N5O/c1-7-6-9-10(13-4-5-16(9)15-7)14-8(2)11(17)12-3/h4-6,8H,1-3H3,(H,12,17)(H,13,14). The molecule has 1 unspecified atom stereocenters. The largest absolute Gasteiger partial charge is 0.357 e. The van der Waals surface area contributed by atoms with E-state index in [0.29, 0.717) is 5.82 Å². The lowest BCUT2D eigenvalue weighted by Gasteiger charge is -2.13. The summed E-state index contributed by atoms with van der Waals surface area (Å²) >= 11 is 0. The summed E-state index contributed by atoms with van der Waals surface area (Å²) in [5, 5.41) is 9.93. The van der Waals surface area contributed by atoms with Gasteiger partial charge in [-0.05, 0) is 19.9 Å². The van der Waals surface area contributed by atoms with Crippen molar-refractivity contribution >= 4 is 17.2 Å². The number of rotatable bonds is 3. The molecule has 0 fully saturated rings. The van der Waals surface area contributed by atoms with Crippen LogP contribution in [0.15, 0.2) is 18.5 Å². The van der Waals surface area contributed by atoms with Crippen LogP contribution in [0, 0.1) is 6.92 Å². The highest BCUT2D eigenvalue weighted by molar-refractivity contribution is 5.85. The maximum absolute atomic E-state index is 11.4. The molecular weight excluding hydrogens is 218 g/mol. The second kappa shape index (κ2) is 4.40. The SMILES string of the molecule is CNC(=O)C(C)Nc1nccn2nc(C)cc12. The zero-order valence-corrected chi connectivity index (χ0v) is 10.1. The molecule has 2 aromatic rings. The Labute approximate surface area is 99.0 Å². The van der Waals surface area contributed by atoms with Crippen LogP contribution in [-0.2, 0) is 4.79 Å². The summed E-state index contributed by atoms with van der Waals surface area (Å²) < 4.78 is 1.74. The minimum Gasteiger partial charge on any atom is -0.357 e. The van der Waals surface area contributed by atoms with Crippen LogP contribution >= 0.6 is 0 Å². The van der Waals surface area contributed by atoms with Crippen molar-refractivity contribution in [1.29, 1.82) is 0 Å². The van der Waals surface area contributed by atoms with E-state index in [-0.39, 0.29) is 11.9 Å². The fourth-order valence-electron chi connectivity index (χ4n) is 1.64. The van der Waals surface area contributed by atoms with Crippen molar-refractivity contribution in [3.63, 3.8) is 0 Å². The number of aromatic nitrogens is 3. The van der Waals surface area contributed by atoms with E-state index < -0.39 is 0 Å². The van der Waals surface area contributed by atoms with Gasteiger partial charge in [-0.15, -0.1) is 0 Å². The first-order valence-electron chi connectivity index (χ1n) is 5.41. The van der Waals surface area contributed by atoms with Crippen molar-refractivity contribution < 1.29 is 4.79 Å². The zero-order chi connectivity index (χ0) is 12.4. The summed E-state index contributed by atoms with van der Waals surface area (Å²) in [6.07, 6.45) is 3.43. The van der Waals surface area contributed by atoms with Crippen LogP contribution in [0.4, 0.5) is 5.82 Å². The quantitative estimate of drug-likeness (QED) is 0.813. The second-order valence-corrected chi connectivity index (χ2v) is 3.87. The molecule has 0 bridgehead atoms. The Kier molecular flexibility index (Phi) is 2.95. The van der Waals surface area contributed by atoms with Crippen LogP contribution in [-0.4, -0.2) is 33.6 Å². The minimum atomic E-state index is -0.339. The van der Waals surface area contributed by atoms with Crippen molar-refractivity contribution in [3.8, 4) is 0 Å². The lowest BCUT2D eigenvalue weighted by Crippen LogP contribution is -2.35. The lowest BCUT2D eigenvalue weighted by atomic mass is 10.3. The Morgan fingerprint density at radius 3 is 3.00 bits per heavy atom. The molecule has 0 aliphatic carbocycles. The van der Waals surface area contributed by atoms with Gasteiger partial charge in [-0.2, -0.15) is 5.10 Å². The van der Waals surface area contributed by atoms with E-state index in [4.69, 9.17) is 0 Å². The molecule has 0 aliphatic rings. The highest BCUT2D eigenvalue weighted by atomic mass is 16.2. The van der Waals surface area contributed by atoms with E-state index in [1.807, 2.05) is 13.0 Å². The fourth-order valence-corrected chi connectivity index (χ4v) is 1.64. The molecule has 0 radical (unpaired) electrons. The van der Waals surface area contributed by atoms with Crippen molar-refractivity contribution in [3.05, 3.63) is 24.2 Å². The second-order valence-electron chi connectivity index (χ2n) is 3.87. The molecule has 2 heterocycles. The number of nitrogens with zero attached hydrogens (tertiary/aromatic N) is 3. The number of fused-ring (bicyclic) bond motifs is 1. The van der Waals surface area contributed by atoms with Crippen LogP contribution < -0.4 is 10.6 Å². The predicted octanol–water partition coefficient (Wildman–Crippen LogP) is 0.584. The number of likely N-dealkylation sites (N-methyl/N-ethyl adjacent to an activating group) is 1. The van der Waals surface area contributed by atoms with Gasteiger partial charge in [0, 0.05) is 19.4 Å². The number of hydrogen-bond acceptors (Lipinski definition) is 4. The summed E-state index contributed by atoms with van der Waals surface area (Å²) in [6, 6.07) is 1.58. The number of carbonyl (C=O) groups is 1. The molecule has 17 heavy (non-hydrogen) atoms. The smallest absolute Gasteiger partial charge is 0.241 e. The fraction of sp³-hybridized carbons (Fsp3) is 0.364.